The standard InChI is InChI=1S/C19H26BrN3O3/c1-13-10-15(20)8-9-16(13)22-17(24)12-23(2)18(25)11-21-19(26)14-6-4-3-5-7-14/h8-10,14H,3-7,11-12H2,1-2H3,(H,21,26)(H,22,24). The van der Waals surface area contributed by atoms with E-state index in [0.29, 0.717) is 5.69 Å². The minimum atomic E-state index is -0.281. The number of carbonyl (C=O) groups is 3. The molecule has 2 rings (SSSR count). The van der Waals surface area contributed by atoms with Crippen LogP contribution in [0.15, 0.2) is 22.7 Å². The molecule has 0 heterocycles. The molecular weight excluding hydrogens is 398 g/mol. The molecule has 7 heteroatoms. The van der Waals surface area contributed by atoms with Crippen molar-refractivity contribution in [3.8, 4) is 0 Å². The molecule has 0 radical (unpaired) electrons. The van der Waals surface area contributed by atoms with Crippen molar-refractivity contribution in [2.75, 3.05) is 25.5 Å². The summed E-state index contributed by atoms with van der Waals surface area (Å²) in [5, 5.41) is 5.50. The summed E-state index contributed by atoms with van der Waals surface area (Å²) in [6.07, 6.45) is 5.11. The average Bonchev–Trinajstić information content (AvgIpc) is 2.62. The number of benzene rings is 1. The van der Waals surface area contributed by atoms with Crippen molar-refractivity contribution in [2.24, 2.45) is 5.92 Å². The van der Waals surface area contributed by atoms with E-state index in [0.717, 1.165) is 35.7 Å². The van der Waals surface area contributed by atoms with E-state index in [4.69, 9.17) is 0 Å². The molecule has 1 aliphatic rings. The Morgan fingerprint density at radius 1 is 1.19 bits per heavy atom. The zero-order valence-corrected chi connectivity index (χ0v) is 16.9. The highest BCUT2D eigenvalue weighted by atomic mass is 79.9. The SMILES string of the molecule is Cc1cc(Br)ccc1NC(=O)CN(C)C(=O)CNC(=O)C1CCCCC1. The van der Waals surface area contributed by atoms with Gasteiger partial charge in [-0.2, -0.15) is 0 Å². The van der Waals surface area contributed by atoms with E-state index in [9.17, 15) is 14.4 Å². The molecule has 0 spiro atoms. The minimum absolute atomic E-state index is 0.0190. The van der Waals surface area contributed by atoms with Gasteiger partial charge in [-0.15, -0.1) is 0 Å². The third kappa shape index (κ3) is 6.12. The van der Waals surface area contributed by atoms with E-state index in [1.807, 2.05) is 25.1 Å². The molecule has 1 fully saturated rings. The molecule has 142 valence electrons. The van der Waals surface area contributed by atoms with Gasteiger partial charge < -0.3 is 15.5 Å². The number of rotatable bonds is 6. The minimum Gasteiger partial charge on any atom is -0.347 e. The van der Waals surface area contributed by atoms with Crippen LogP contribution in [-0.4, -0.2) is 42.8 Å². The van der Waals surface area contributed by atoms with Crippen LogP contribution in [0.4, 0.5) is 5.69 Å². The zero-order chi connectivity index (χ0) is 19.1. The Hall–Kier alpha value is -1.89. The molecule has 26 heavy (non-hydrogen) atoms. The second kappa shape index (κ2) is 9.71. The van der Waals surface area contributed by atoms with Gasteiger partial charge in [-0.05, 0) is 43.5 Å². The van der Waals surface area contributed by atoms with E-state index in [1.54, 1.807) is 7.05 Å². The van der Waals surface area contributed by atoms with Crippen molar-refractivity contribution in [3.05, 3.63) is 28.2 Å². The van der Waals surface area contributed by atoms with E-state index in [1.165, 1.54) is 11.3 Å². The number of carbonyl (C=O) groups excluding carboxylic acids is 3. The first kappa shape index (κ1) is 20.4. The maximum absolute atomic E-state index is 12.2. The molecule has 1 aromatic carbocycles. The van der Waals surface area contributed by atoms with Gasteiger partial charge in [0.15, 0.2) is 0 Å². The molecule has 2 N–H and O–H groups in total. The second-order valence-corrected chi connectivity index (χ2v) is 7.73. The van der Waals surface area contributed by atoms with Gasteiger partial charge >= 0.3 is 0 Å². The van der Waals surface area contributed by atoms with Gasteiger partial charge in [0.05, 0.1) is 13.1 Å². The monoisotopic (exact) mass is 423 g/mol. The number of halogens is 1. The molecule has 0 unspecified atom stereocenters. The fraction of sp³-hybridized carbons (Fsp3) is 0.526. The first-order valence-corrected chi connectivity index (χ1v) is 9.74. The Morgan fingerprint density at radius 2 is 1.88 bits per heavy atom. The van der Waals surface area contributed by atoms with Gasteiger partial charge in [-0.1, -0.05) is 35.2 Å². The van der Waals surface area contributed by atoms with Crippen molar-refractivity contribution >= 4 is 39.3 Å². The number of nitrogens with zero attached hydrogens (tertiary/aromatic N) is 1. The molecule has 0 saturated heterocycles. The van der Waals surface area contributed by atoms with Crippen LogP contribution < -0.4 is 10.6 Å². The molecular formula is C19H26BrN3O3. The summed E-state index contributed by atoms with van der Waals surface area (Å²) in [4.78, 5) is 37.7. The van der Waals surface area contributed by atoms with Gasteiger partial charge in [-0.25, -0.2) is 0 Å². The molecule has 0 aliphatic heterocycles. The smallest absolute Gasteiger partial charge is 0.243 e. The Morgan fingerprint density at radius 3 is 2.54 bits per heavy atom. The summed E-state index contributed by atoms with van der Waals surface area (Å²) in [5.41, 5.74) is 1.64. The quantitative estimate of drug-likeness (QED) is 0.737. The van der Waals surface area contributed by atoms with Gasteiger partial charge in [0.2, 0.25) is 17.7 Å². The predicted octanol–water partition coefficient (Wildman–Crippen LogP) is 2.85. The molecule has 1 saturated carbocycles. The number of likely N-dealkylation sites (N-methyl/N-ethyl adjacent to an activating group) is 1. The average molecular weight is 424 g/mol. The molecule has 1 aromatic rings. The normalized spacial score (nSPS) is 14.6. The fourth-order valence-corrected chi connectivity index (χ4v) is 3.54. The van der Waals surface area contributed by atoms with Crippen molar-refractivity contribution < 1.29 is 14.4 Å². The zero-order valence-electron chi connectivity index (χ0n) is 15.3. The largest absolute Gasteiger partial charge is 0.347 e. The molecule has 0 atom stereocenters. The number of aryl methyl sites for hydroxylation is 1. The van der Waals surface area contributed by atoms with Gasteiger partial charge in [-0.3, -0.25) is 14.4 Å². The van der Waals surface area contributed by atoms with Crippen LogP contribution in [0, 0.1) is 12.8 Å². The molecule has 6 nitrogen and oxygen atoms in total. The van der Waals surface area contributed by atoms with Gasteiger partial charge in [0, 0.05) is 23.1 Å². The Balaban J connectivity index is 1.76. The van der Waals surface area contributed by atoms with Crippen molar-refractivity contribution in [1.29, 1.82) is 0 Å². The Bertz CT molecular complexity index is 672. The lowest BCUT2D eigenvalue weighted by atomic mass is 9.89. The molecule has 1 aliphatic carbocycles. The second-order valence-electron chi connectivity index (χ2n) is 6.81. The lowest BCUT2D eigenvalue weighted by molar-refractivity contribution is -0.135. The Labute approximate surface area is 162 Å². The molecule has 0 bridgehead atoms. The van der Waals surface area contributed by atoms with Crippen LogP contribution in [0.3, 0.4) is 0 Å². The van der Waals surface area contributed by atoms with Crippen LogP contribution in [0.1, 0.15) is 37.7 Å². The number of amides is 3. The van der Waals surface area contributed by atoms with E-state index < -0.39 is 0 Å². The van der Waals surface area contributed by atoms with Crippen LogP contribution in [0.25, 0.3) is 0 Å². The van der Waals surface area contributed by atoms with Crippen molar-refractivity contribution in [1.82, 2.24) is 10.2 Å². The number of hydrogen-bond donors (Lipinski definition) is 2. The highest BCUT2D eigenvalue weighted by Crippen LogP contribution is 2.23. The third-order valence-corrected chi connectivity index (χ3v) is 5.15. The molecule has 3 amide bonds. The van der Waals surface area contributed by atoms with E-state index in [2.05, 4.69) is 26.6 Å². The highest BCUT2D eigenvalue weighted by molar-refractivity contribution is 9.10. The summed E-state index contributed by atoms with van der Waals surface area (Å²) in [5.74, 6) is -0.589. The lowest BCUT2D eigenvalue weighted by Crippen LogP contribution is -2.43. The summed E-state index contributed by atoms with van der Waals surface area (Å²) in [7, 11) is 1.56. The van der Waals surface area contributed by atoms with Gasteiger partial charge in [0.1, 0.15) is 0 Å². The number of nitrogens with one attached hydrogen (secondary N) is 2. The van der Waals surface area contributed by atoms with E-state index in [-0.39, 0.29) is 36.7 Å². The van der Waals surface area contributed by atoms with E-state index >= 15 is 0 Å². The van der Waals surface area contributed by atoms with Crippen LogP contribution in [0.2, 0.25) is 0 Å². The van der Waals surface area contributed by atoms with Crippen LogP contribution >= 0.6 is 15.9 Å². The molecule has 0 aromatic heterocycles. The highest BCUT2D eigenvalue weighted by Gasteiger charge is 2.22. The Kier molecular flexibility index (Phi) is 7.63. The third-order valence-electron chi connectivity index (χ3n) is 4.66. The van der Waals surface area contributed by atoms with Crippen LogP contribution in [0.5, 0.6) is 0 Å². The van der Waals surface area contributed by atoms with Crippen molar-refractivity contribution in [2.45, 2.75) is 39.0 Å². The van der Waals surface area contributed by atoms with Crippen molar-refractivity contribution in [3.63, 3.8) is 0 Å². The number of anilines is 1. The summed E-state index contributed by atoms with van der Waals surface area (Å²) >= 11 is 3.38. The summed E-state index contributed by atoms with van der Waals surface area (Å²) in [6, 6.07) is 5.56. The topological polar surface area (TPSA) is 78.5 Å². The lowest BCUT2D eigenvalue weighted by Gasteiger charge is -2.22. The first-order chi connectivity index (χ1) is 12.4. The summed E-state index contributed by atoms with van der Waals surface area (Å²) < 4.78 is 0.939. The first-order valence-electron chi connectivity index (χ1n) is 8.94. The maximum Gasteiger partial charge on any atom is 0.243 e. The number of hydrogen-bond acceptors (Lipinski definition) is 3. The van der Waals surface area contributed by atoms with Crippen LogP contribution in [-0.2, 0) is 14.4 Å². The fourth-order valence-electron chi connectivity index (χ4n) is 3.07. The summed E-state index contributed by atoms with van der Waals surface area (Å²) in [6.45, 7) is 1.76. The maximum atomic E-state index is 12.2. The predicted molar refractivity (Wildman–Crippen MR) is 105 cm³/mol. The van der Waals surface area contributed by atoms with Gasteiger partial charge in [0.25, 0.3) is 0 Å².